The first-order chi connectivity index (χ1) is 12.8. The molecule has 1 saturated heterocycles. The summed E-state index contributed by atoms with van der Waals surface area (Å²) in [6.07, 6.45) is 5.62. The van der Waals surface area contributed by atoms with Crippen molar-refractivity contribution in [1.29, 1.82) is 0 Å². The van der Waals surface area contributed by atoms with E-state index in [1.807, 2.05) is 42.9 Å². The van der Waals surface area contributed by atoms with Gasteiger partial charge in [0.1, 0.15) is 10.8 Å². The van der Waals surface area contributed by atoms with Crippen molar-refractivity contribution in [1.82, 2.24) is 20.2 Å². The van der Waals surface area contributed by atoms with Gasteiger partial charge in [0, 0.05) is 60.8 Å². The smallest absolute Gasteiger partial charge is 0.123 e. The normalized spacial score (nSPS) is 17.3. The molecule has 0 bridgehead atoms. The second-order valence-electron chi connectivity index (χ2n) is 6.30. The van der Waals surface area contributed by atoms with Gasteiger partial charge in [-0.05, 0) is 18.2 Å². The Morgan fingerprint density at radius 3 is 2.85 bits per heavy atom. The van der Waals surface area contributed by atoms with Crippen LogP contribution in [0.15, 0.2) is 55.0 Å². The summed E-state index contributed by atoms with van der Waals surface area (Å²) in [7, 11) is 1.74. The van der Waals surface area contributed by atoms with Crippen molar-refractivity contribution in [2.75, 3.05) is 26.7 Å². The molecule has 0 radical (unpaired) electrons. The van der Waals surface area contributed by atoms with Crippen LogP contribution in [0.4, 0.5) is 0 Å². The van der Waals surface area contributed by atoms with Crippen molar-refractivity contribution in [3.05, 3.63) is 65.4 Å². The van der Waals surface area contributed by atoms with Crippen LogP contribution in [0.1, 0.15) is 16.5 Å². The summed E-state index contributed by atoms with van der Waals surface area (Å²) in [5.41, 5.74) is 2.36. The lowest BCUT2D eigenvalue weighted by Crippen LogP contribution is -2.45. The average molecular weight is 403 g/mol. The zero-order valence-corrected chi connectivity index (χ0v) is 16.8. The number of methoxy groups -OCH3 is 1. The summed E-state index contributed by atoms with van der Waals surface area (Å²) in [6, 6.07) is 12.6. The van der Waals surface area contributed by atoms with Crippen molar-refractivity contribution in [3.8, 4) is 16.3 Å². The molecule has 5 nitrogen and oxygen atoms in total. The molecule has 3 aromatic rings. The minimum Gasteiger partial charge on any atom is -0.496 e. The molecule has 3 heterocycles. The Labute approximate surface area is 169 Å². The molecule has 0 saturated carbocycles. The number of rotatable bonds is 5. The maximum Gasteiger partial charge on any atom is 0.123 e. The van der Waals surface area contributed by atoms with E-state index in [1.54, 1.807) is 18.4 Å². The maximum absolute atomic E-state index is 5.59. The number of nitrogens with zero attached hydrogens (tertiary/aromatic N) is 3. The highest BCUT2D eigenvalue weighted by Crippen LogP contribution is 2.32. The van der Waals surface area contributed by atoms with Gasteiger partial charge in [-0.2, -0.15) is 0 Å². The Balaban J connectivity index is 0.00000210. The van der Waals surface area contributed by atoms with Gasteiger partial charge < -0.3 is 10.1 Å². The van der Waals surface area contributed by atoms with Gasteiger partial charge in [-0.15, -0.1) is 23.7 Å². The van der Waals surface area contributed by atoms with E-state index in [0.29, 0.717) is 6.04 Å². The topological polar surface area (TPSA) is 50.3 Å². The molecule has 4 rings (SSSR count). The third kappa shape index (κ3) is 4.47. The Morgan fingerprint density at radius 2 is 2.04 bits per heavy atom. The van der Waals surface area contributed by atoms with Gasteiger partial charge >= 0.3 is 0 Å². The highest BCUT2D eigenvalue weighted by Gasteiger charge is 2.26. The quantitative estimate of drug-likeness (QED) is 0.703. The predicted octanol–water partition coefficient (Wildman–Crippen LogP) is 3.78. The van der Waals surface area contributed by atoms with Gasteiger partial charge in [-0.1, -0.05) is 18.2 Å². The number of ether oxygens (including phenoxy) is 1. The second kappa shape index (κ2) is 9.28. The first kappa shape index (κ1) is 19.8. The lowest BCUT2D eigenvalue weighted by molar-refractivity contribution is 0.152. The van der Waals surface area contributed by atoms with Gasteiger partial charge in [0.2, 0.25) is 0 Å². The van der Waals surface area contributed by atoms with E-state index in [4.69, 9.17) is 4.74 Å². The first-order valence-corrected chi connectivity index (χ1v) is 9.59. The number of nitrogens with one attached hydrogen (secondary N) is 1. The molecule has 1 atom stereocenters. The van der Waals surface area contributed by atoms with Gasteiger partial charge in [0.15, 0.2) is 0 Å². The third-order valence-corrected chi connectivity index (χ3v) is 5.72. The van der Waals surface area contributed by atoms with E-state index in [-0.39, 0.29) is 12.4 Å². The van der Waals surface area contributed by atoms with Crippen LogP contribution in [0.2, 0.25) is 0 Å². The van der Waals surface area contributed by atoms with Crippen LogP contribution in [0.3, 0.4) is 0 Å². The number of halogens is 1. The molecule has 142 valence electrons. The zero-order valence-electron chi connectivity index (χ0n) is 15.2. The van der Waals surface area contributed by atoms with Crippen molar-refractivity contribution >= 4 is 23.7 Å². The van der Waals surface area contributed by atoms with Crippen molar-refractivity contribution in [3.63, 3.8) is 0 Å². The maximum atomic E-state index is 5.59. The Kier molecular flexibility index (Phi) is 6.79. The molecule has 0 amide bonds. The van der Waals surface area contributed by atoms with Gasteiger partial charge in [0.25, 0.3) is 0 Å². The standard InChI is InChI=1S/C20H22N4OS.ClH/c1-25-19-5-3-2-4-17(19)18-13-22-10-11-24(18)14-16-12-23-20(26-16)15-6-8-21-9-7-15;/h2-9,12,18,22H,10-11,13-14H2,1H3;1H. The van der Waals surface area contributed by atoms with Crippen LogP contribution in [-0.4, -0.2) is 41.6 Å². The zero-order chi connectivity index (χ0) is 17.8. The van der Waals surface area contributed by atoms with Crippen molar-refractivity contribution in [2.24, 2.45) is 0 Å². The number of pyridine rings is 1. The second-order valence-corrected chi connectivity index (χ2v) is 7.42. The van der Waals surface area contributed by atoms with E-state index >= 15 is 0 Å². The van der Waals surface area contributed by atoms with E-state index in [1.165, 1.54) is 10.4 Å². The first-order valence-electron chi connectivity index (χ1n) is 8.78. The summed E-state index contributed by atoms with van der Waals surface area (Å²) < 4.78 is 5.59. The molecule has 0 aliphatic carbocycles. The molecule has 1 N–H and O–H groups in total. The van der Waals surface area contributed by atoms with Crippen molar-refractivity contribution < 1.29 is 4.74 Å². The van der Waals surface area contributed by atoms with Crippen LogP contribution in [0.5, 0.6) is 5.75 Å². The SMILES string of the molecule is COc1ccccc1C1CNCCN1Cc1cnc(-c2ccncc2)s1.Cl. The van der Waals surface area contributed by atoms with Crippen LogP contribution < -0.4 is 10.1 Å². The Bertz CT molecular complexity index is 858. The molecule has 27 heavy (non-hydrogen) atoms. The number of thiazole rings is 1. The van der Waals surface area contributed by atoms with Gasteiger partial charge in [-0.3, -0.25) is 9.88 Å². The fourth-order valence-electron chi connectivity index (χ4n) is 3.39. The number of benzene rings is 1. The predicted molar refractivity (Wildman–Crippen MR) is 112 cm³/mol. The van der Waals surface area contributed by atoms with Gasteiger partial charge in [0.05, 0.1) is 13.2 Å². The molecular weight excluding hydrogens is 380 g/mol. The Morgan fingerprint density at radius 1 is 1.22 bits per heavy atom. The summed E-state index contributed by atoms with van der Waals surface area (Å²) in [5.74, 6) is 0.952. The van der Waals surface area contributed by atoms with Crippen LogP contribution in [-0.2, 0) is 6.54 Å². The lowest BCUT2D eigenvalue weighted by Gasteiger charge is -2.36. The van der Waals surface area contributed by atoms with Gasteiger partial charge in [-0.25, -0.2) is 4.98 Å². The fourth-order valence-corrected chi connectivity index (χ4v) is 4.34. The van der Waals surface area contributed by atoms with E-state index < -0.39 is 0 Å². The van der Waals surface area contributed by atoms with Crippen LogP contribution >= 0.6 is 23.7 Å². The fraction of sp³-hybridized carbons (Fsp3) is 0.300. The molecule has 2 aromatic heterocycles. The third-order valence-electron chi connectivity index (χ3n) is 4.69. The minimum atomic E-state index is 0. The van der Waals surface area contributed by atoms with Crippen molar-refractivity contribution in [2.45, 2.75) is 12.6 Å². The number of hydrogen-bond donors (Lipinski definition) is 1. The number of para-hydroxylation sites is 1. The van der Waals surface area contributed by atoms with E-state index in [0.717, 1.165) is 42.5 Å². The Hall–Kier alpha value is -1.99. The van der Waals surface area contributed by atoms with E-state index in [2.05, 4.69) is 32.3 Å². The largest absolute Gasteiger partial charge is 0.496 e. The molecule has 1 fully saturated rings. The molecule has 1 aliphatic heterocycles. The van der Waals surface area contributed by atoms with Crippen LogP contribution in [0.25, 0.3) is 10.6 Å². The molecule has 1 unspecified atom stereocenters. The highest BCUT2D eigenvalue weighted by atomic mass is 35.5. The average Bonchev–Trinajstić information content (AvgIpc) is 3.18. The summed E-state index contributed by atoms with van der Waals surface area (Å²) >= 11 is 1.75. The summed E-state index contributed by atoms with van der Waals surface area (Å²) in [5, 5.41) is 4.56. The number of hydrogen-bond acceptors (Lipinski definition) is 6. The molecule has 7 heteroatoms. The monoisotopic (exact) mass is 402 g/mol. The molecule has 1 aromatic carbocycles. The number of piperazine rings is 1. The lowest BCUT2D eigenvalue weighted by atomic mass is 10.0. The molecule has 0 spiro atoms. The number of aromatic nitrogens is 2. The molecular formula is C20H23ClN4OS. The summed E-state index contributed by atoms with van der Waals surface area (Å²) in [4.78, 5) is 12.5. The highest BCUT2D eigenvalue weighted by molar-refractivity contribution is 7.15. The minimum absolute atomic E-state index is 0. The van der Waals surface area contributed by atoms with E-state index in [9.17, 15) is 0 Å². The summed E-state index contributed by atoms with van der Waals surface area (Å²) in [6.45, 7) is 3.83. The molecule has 1 aliphatic rings. The van der Waals surface area contributed by atoms with Crippen LogP contribution in [0, 0.1) is 0 Å².